The molecule has 1 aliphatic heterocycles. The molecule has 88 valence electrons. The van der Waals surface area contributed by atoms with Crippen molar-refractivity contribution in [1.82, 2.24) is 4.90 Å². The molecule has 1 unspecified atom stereocenters. The normalized spacial score (nSPS) is 22.8. The minimum atomic E-state index is 0.0747. The van der Waals surface area contributed by atoms with E-state index in [1.807, 2.05) is 43.5 Å². The average Bonchev–Trinajstić information content (AvgIpc) is 2.65. The van der Waals surface area contributed by atoms with E-state index in [1.165, 1.54) is 0 Å². The standard InChI is InChI=1S/C14H14BrNO/c1-3-10-9-16(2)14(17)12(10)13(15)11-7-5-4-6-8-11/h3-8,10H,1,9H2,2H3/b13-12-. The summed E-state index contributed by atoms with van der Waals surface area (Å²) >= 11 is 3.55. The molecule has 1 heterocycles. The zero-order valence-corrected chi connectivity index (χ0v) is 11.3. The molecule has 0 radical (unpaired) electrons. The van der Waals surface area contributed by atoms with Crippen LogP contribution in [-0.2, 0) is 4.79 Å². The van der Waals surface area contributed by atoms with Gasteiger partial charge in [-0.05, 0) is 21.5 Å². The maximum absolute atomic E-state index is 12.1. The van der Waals surface area contributed by atoms with Crippen molar-refractivity contribution in [3.05, 3.63) is 54.1 Å². The minimum absolute atomic E-state index is 0.0747. The number of hydrogen-bond donors (Lipinski definition) is 0. The van der Waals surface area contributed by atoms with E-state index in [2.05, 4.69) is 22.5 Å². The summed E-state index contributed by atoms with van der Waals surface area (Å²) in [6.45, 7) is 4.51. The van der Waals surface area contributed by atoms with Gasteiger partial charge in [-0.1, -0.05) is 36.4 Å². The molecule has 0 bridgehead atoms. The Morgan fingerprint density at radius 2 is 2.12 bits per heavy atom. The van der Waals surface area contributed by atoms with Crippen LogP contribution in [0.3, 0.4) is 0 Å². The Balaban J connectivity index is 2.49. The van der Waals surface area contributed by atoms with Gasteiger partial charge in [0.05, 0.1) is 0 Å². The first-order chi connectivity index (χ1) is 8.15. The van der Waals surface area contributed by atoms with Gasteiger partial charge < -0.3 is 4.90 Å². The number of carbonyl (C=O) groups excluding carboxylic acids is 1. The van der Waals surface area contributed by atoms with E-state index in [0.29, 0.717) is 6.54 Å². The molecule has 2 rings (SSSR count). The van der Waals surface area contributed by atoms with Crippen LogP contribution in [0.2, 0.25) is 0 Å². The molecule has 0 spiro atoms. The third kappa shape index (κ3) is 2.20. The van der Waals surface area contributed by atoms with Gasteiger partial charge in [-0.25, -0.2) is 0 Å². The highest BCUT2D eigenvalue weighted by molar-refractivity contribution is 9.15. The van der Waals surface area contributed by atoms with Crippen LogP contribution < -0.4 is 0 Å². The quantitative estimate of drug-likeness (QED) is 0.606. The molecular weight excluding hydrogens is 278 g/mol. The summed E-state index contributed by atoms with van der Waals surface area (Å²) < 4.78 is 0.873. The van der Waals surface area contributed by atoms with Crippen LogP contribution in [0.4, 0.5) is 0 Å². The molecule has 0 aromatic heterocycles. The smallest absolute Gasteiger partial charge is 0.251 e. The monoisotopic (exact) mass is 291 g/mol. The lowest BCUT2D eigenvalue weighted by Crippen LogP contribution is -2.19. The number of benzene rings is 1. The number of carbonyl (C=O) groups is 1. The molecule has 1 atom stereocenters. The van der Waals surface area contributed by atoms with Crippen LogP contribution in [0.5, 0.6) is 0 Å². The summed E-state index contributed by atoms with van der Waals surface area (Å²) in [5.74, 6) is 0.174. The van der Waals surface area contributed by atoms with Crippen LogP contribution in [-0.4, -0.2) is 24.4 Å². The topological polar surface area (TPSA) is 20.3 Å². The Morgan fingerprint density at radius 3 is 2.71 bits per heavy atom. The number of likely N-dealkylation sites (tertiary alicyclic amines) is 1. The Kier molecular flexibility index (Phi) is 3.48. The Labute approximate surface area is 110 Å². The third-order valence-electron chi connectivity index (χ3n) is 2.97. The maximum Gasteiger partial charge on any atom is 0.251 e. The molecule has 0 aliphatic carbocycles. The van der Waals surface area contributed by atoms with Crippen molar-refractivity contribution in [2.75, 3.05) is 13.6 Å². The fourth-order valence-corrected chi connectivity index (χ4v) is 2.75. The summed E-state index contributed by atoms with van der Waals surface area (Å²) in [6.07, 6.45) is 1.83. The number of nitrogens with zero attached hydrogens (tertiary/aromatic N) is 1. The first-order valence-electron chi connectivity index (χ1n) is 5.48. The SMILES string of the molecule is C=CC1CN(C)C(=O)/C1=C(\Br)c1ccccc1. The molecular formula is C14H14BrNO. The molecule has 1 aromatic carbocycles. The number of likely N-dealkylation sites (N-methyl/N-ethyl adjacent to an activating group) is 1. The highest BCUT2D eigenvalue weighted by Gasteiger charge is 2.33. The summed E-state index contributed by atoms with van der Waals surface area (Å²) in [7, 11) is 1.82. The number of halogens is 1. The molecule has 1 saturated heterocycles. The van der Waals surface area contributed by atoms with Gasteiger partial charge in [0.25, 0.3) is 5.91 Å². The lowest BCUT2D eigenvalue weighted by atomic mass is 10.00. The van der Waals surface area contributed by atoms with E-state index in [1.54, 1.807) is 4.90 Å². The number of rotatable bonds is 2. The highest BCUT2D eigenvalue weighted by atomic mass is 79.9. The van der Waals surface area contributed by atoms with Crippen molar-refractivity contribution in [3.63, 3.8) is 0 Å². The highest BCUT2D eigenvalue weighted by Crippen LogP contribution is 2.34. The lowest BCUT2D eigenvalue weighted by molar-refractivity contribution is -0.123. The van der Waals surface area contributed by atoms with Gasteiger partial charge in [-0.3, -0.25) is 4.79 Å². The molecule has 2 nitrogen and oxygen atoms in total. The second kappa shape index (κ2) is 4.88. The van der Waals surface area contributed by atoms with Crippen LogP contribution in [0.15, 0.2) is 48.6 Å². The zero-order valence-electron chi connectivity index (χ0n) is 9.69. The van der Waals surface area contributed by atoms with E-state index >= 15 is 0 Å². The fraction of sp³-hybridized carbons (Fsp3) is 0.214. The molecule has 0 N–H and O–H groups in total. The predicted octanol–water partition coefficient (Wildman–Crippen LogP) is 3.07. The van der Waals surface area contributed by atoms with Crippen molar-refractivity contribution in [3.8, 4) is 0 Å². The molecule has 0 saturated carbocycles. The van der Waals surface area contributed by atoms with Crippen LogP contribution in [0.25, 0.3) is 4.48 Å². The van der Waals surface area contributed by atoms with Gasteiger partial charge in [0.1, 0.15) is 0 Å². The van der Waals surface area contributed by atoms with Crippen molar-refractivity contribution in [2.24, 2.45) is 5.92 Å². The van der Waals surface area contributed by atoms with Crippen molar-refractivity contribution in [2.45, 2.75) is 0 Å². The average molecular weight is 292 g/mol. The van der Waals surface area contributed by atoms with E-state index in [9.17, 15) is 4.79 Å². The number of hydrogen-bond acceptors (Lipinski definition) is 1. The Bertz CT molecular complexity index is 478. The van der Waals surface area contributed by atoms with Gasteiger partial charge in [-0.2, -0.15) is 0 Å². The van der Waals surface area contributed by atoms with Crippen molar-refractivity contribution < 1.29 is 4.79 Å². The molecule has 1 amide bonds. The second-order valence-electron chi connectivity index (χ2n) is 4.12. The van der Waals surface area contributed by atoms with E-state index in [0.717, 1.165) is 15.6 Å². The van der Waals surface area contributed by atoms with Gasteiger partial charge in [-0.15, -0.1) is 6.58 Å². The predicted molar refractivity (Wildman–Crippen MR) is 73.6 cm³/mol. The van der Waals surface area contributed by atoms with E-state index < -0.39 is 0 Å². The Morgan fingerprint density at radius 1 is 1.47 bits per heavy atom. The molecule has 3 heteroatoms. The van der Waals surface area contributed by atoms with Gasteiger partial charge >= 0.3 is 0 Å². The summed E-state index contributed by atoms with van der Waals surface area (Å²) in [5, 5.41) is 0. The van der Waals surface area contributed by atoms with Gasteiger partial charge in [0.15, 0.2) is 0 Å². The maximum atomic E-state index is 12.1. The second-order valence-corrected chi connectivity index (χ2v) is 4.91. The minimum Gasteiger partial charge on any atom is -0.341 e. The van der Waals surface area contributed by atoms with Crippen LogP contribution in [0, 0.1) is 5.92 Å². The lowest BCUT2D eigenvalue weighted by Gasteiger charge is -2.07. The first-order valence-corrected chi connectivity index (χ1v) is 6.27. The zero-order chi connectivity index (χ0) is 12.4. The third-order valence-corrected chi connectivity index (χ3v) is 3.85. The fourth-order valence-electron chi connectivity index (χ4n) is 2.02. The van der Waals surface area contributed by atoms with Crippen molar-refractivity contribution in [1.29, 1.82) is 0 Å². The summed E-state index contributed by atoms with van der Waals surface area (Å²) in [5.41, 5.74) is 1.83. The van der Waals surface area contributed by atoms with Gasteiger partial charge in [0, 0.05) is 29.6 Å². The largest absolute Gasteiger partial charge is 0.341 e. The van der Waals surface area contributed by atoms with E-state index in [-0.39, 0.29) is 11.8 Å². The molecule has 1 aliphatic rings. The van der Waals surface area contributed by atoms with Crippen LogP contribution >= 0.6 is 15.9 Å². The van der Waals surface area contributed by atoms with Crippen molar-refractivity contribution >= 4 is 26.3 Å². The molecule has 1 fully saturated rings. The van der Waals surface area contributed by atoms with Crippen LogP contribution in [0.1, 0.15) is 5.56 Å². The molecule has 17 heavy (non-hydrogen) atoms. The van der Waals surface area contributed by atoms with E-state index in [4.69, 9.17) is 0 Å². The van der Waals surface area contributed by atoms with Gasteiger partial charge in [0.2, 0.25) is 0 Å². The summed E-state index contributed by atoms with van der Waals surface area (Å²) in [6, 6.07) is 9.86. The Hall–Kier alpha value is -1.35. The summed E-state index contributed by atoms with van der Waals surface area (Å²) in [4.78, 5) is 13.8. The first kappa shape index (κ1) is 12.1. The number of amides is 1. The molecule has 1 aromatic rings.